The van der Waals surface area contributed by atoms with Crippen LogP contribution in [0.5, 0.6) is 0 Å². The molecule has 7 aliphatic rings. The first-order chi connectivity index (χ1) is 42.5. The van der Waals surface area contributed by atoms with Gasteiger partial charge < -0.3 is 190 Å². The van der Waals surface area contributed by atoms with Gasteiger partial charge in [0.05, 0.1) is 52.4 Å². The molecule has 0 spiro atoms. The number of hydrogen-bond acceptors (Lipinski definition) is 38. The Morgan fingerprint density at radius 1 is 0.433 bits per heavy atom. The Bertz CT molecular complexity index is 2290. The van der Waals surface area contributed by atoms with E-state index in [-0.39, 0.29) is 0 Å². The first-order valence-corrected chi connectivity index (χ1v) is 28.3. The van der Waals surface area contributed by atoms with E-state index in [9.17, 15) is 132 Å². The van der Waals surface area contributed by atoms with Crippen LogP contribution in [0.15, 0.2) is 0 Å². The minimum Gasteiger partial charge on any atom is -0.477 e. The fourth-order valence-electron chi connectivity index (χ4n) is 11.5. The molecule has 2 amide bonds. The number of hydrogen-bond donors (Lipinski definition) is 25. The summed E-state index contributed by atoms with van der Waals surface area (Å²) in [6.07, 6.45) is -70.0. The summed E-state index contributed by atoms with van der Waals surface area (Å²) in [7, 11) is 0. The number of carbonyl (C=O) groups is 3. The largest absolute Gasteiger partial charge is 0.477 e. The average Bonchev–Trinajstić information content (AvgIpc) is 0.784. The Hall–Kier alpha value is -2.99. The van der Waals surface area contributed by atoms with E-state index in [1.54, 1.807) is 0 Å². The Morgan fingerprint density at radius 2 is 0.800 bits per heavy atom. The standard InChI is InChI=1S/C49H82N2O39/c1-11(59)50-21-29(69)35(84-47-34(74)41(28(68)18(8-56)82-47)90-49(48(76)77)3-13(61)23(63)40(89-49)24(64)14(62)4-52)20(10-58)83-43(21)87-38-26(66)17(7-55)81-46(33(38)73)86-37-22(51-12(2)60)44(79-15(5-53)25(37)65)88-39-27(67)16(6-54)80-45(32(39)72)85-36-19(9-57)78-42(75)31(71)30(36)70/h13-47,52-58,61-75H,3-10H2,1-2H3,(H,50,59)(H,51,60)(H,76,77)/t13-,14+,15+,16+,17+,18+,19+,20+,21+,22+,23+,24+,25+,26-,27-,28-,29+,30+,31+,32+,33+,34+,35+,36+,37+,38-,39-,40+,41-,42+,43-,44-,45-,46-,47-,49-/m0/s1. The first kappa shape index (κ1) is 74.4. The zero-order valence-corrected chi connectivity index (χ0v) is 47.7. The second-order valence-electron chi connectivity index (χ2n) is 22.5. The van der Waals surface area contributed by atoms with Crippen LogP contribution in [0.25, 0.3) is 0 Å². The monoisotopic (exact) mass is 1320 g/mol. The molecule has 0 aromatic heterocycles. The van der Waals surface area contributed by atoms with Crippen LogP contribution in [0.4, 0.5) is 0 Å². The normalized spacial score (nSPS) is 48.5. The maximum atomic E-state index is 12.9. The van der Waals surface area contributed by atoms with Gasteiger partial charge in [-0.15, -0.1) is 0 Å². The molecule has 0 aromatic rings. The number of nitrogens with one attached hydrogen (secondary N) is 2. The molecule has 7 saturated heterocycles. The van der Waals surface area contributed by atoms with Crippen LogP contribution in [-0.2, 0) is 76.0 Å². The molecule has 41 heteroatoms. The van der Waals surface area contributed by atoms with Crippen LogP contribution in [0.1, 0.15) is 20.3 Å². The third-order valence-corrected chi connectivity index (χ3v) is 16.3. The molecule has 0 saturated carbocycles. The molecule has 7 fully saturated rings. The molecule has 7 rings (SSSR count). The van der Waals surface area contributed by atoms with E-state index >= 15 is 0 Å². The van der Waals surface area contributed by atoms with E-state index in [0.717, 1.165) is 13.8 Å². The van der Waals surface area contributed by atoms with Crippen molar-refractivity contribution in [1.29, 1.82) is 0 Å². The van der Waals surface area contributed by atoms with Crippen molar-refractivity contribution in [3.63, 3.8) is 0 Å². The Balaban J connectivity index is 1.12. The Kier molecular flexibility index (Phi) is 26.2. The molecule has 7 heterocycles. The second-order valence-corrected chi connectivity index (χ2v) is 22.5. The molecule has 0 radical (unpaired) electrons. The third kappa shape index (κ3) is 15.6. The molecule has 41 nitrogen and oxygen atoms in total. The molecule has 0 bridgehead atoms. The maximum absolute atomic E-state index is 12.9. The van der Waals surface area contributed by atoms with Crippen LogP contribution in [0.2, 0.25) is 0 Å². The molecule has 0 aliphatic carbocycles. The molecule has 0 aromatic carbocycles. The van der Waals surface area contributed by atoms with E-state index in [1.165, 1.54) is 0 Å². The van der Waals surface area contributed by atoms with Crippen molar-refractivity contribution >= 4 is 17.8 Å². The summed E-state index contributed by atoms with van der Waals surface area (Å²) in [5, 5.41) is 253. The first-order valence-electron chi connectivity index (χ1n) is 28.3. The molecular formula is C49H82N2O39. The van der Waals surface area contributed by atoms with Gasteiger partial charge in [0, 0.05) is 20.3 Å². The summed E-state index contributed by atoms with van der Waals surface area (Å²) in [6.45, 7) is -5.83. The van der Waals surface area contributed by atoms with Gasteiger partial charge >= 0.3 is 5.97 Å². The topological polar surface area (TPSA) is 661 Å². The highest BCUT2D eigenvalue weighted by Gasteiger charge is 2.62. The maximum Gasteiger partial charge on any atom is 0.364 e. The lowest BCUT2D eigenvalue weighted by atomic mass is 9.90. The van der Waals surface area contributed by atoms with Crippen molar-refractivity contribution in [3.8, 4) is 0 Å². The van der Waals surface area contributed by atoms with Crippen molar-refractivity contribution in [1.82, 2.24) is 10.6 Å². The summed E-state index contributed by atoms with van der Waals surface area (Å²) >= 11 is 0. The van der Waals surface area contributed by atoms with Crippen LogP contribution in [0.3, 0.4) is 0 Å². The Morgan fingerprint density at radius 3 is 1.24 bits per heavy atom. The van der Waals surface area contributed by atoms with Gasteiger partial charge in [-0.2, -0.15) is 0 Å². The number of rotatable bonds is 24. The van der Waals surface area contributed by atoms with Crippen LogP contribution >= 0.6 is 0 Å². The number of aliphatic hydroxyl groups excluding tert-OH is 22. The smallest absolute Gasteiger partial charge is 0.364 e. The Labute approximate surface area is 508 Å². The van der Waals surface area contributed by atoms with Gasteiger partial charge in [0.15, 0.2) is 37.7 Å². The van der Waals surface area contributed by atoms with E-state index in [4.69, 9.17) is 61.6 Å². The lowest BCUT2D eigenvalue weighted by molar-refractivity contribution is -0.393. The van der Waals surface area contributed by atoms with Crippen molar-refractivity contribution in [2.24, 2.45) is 0 Å². The highest BCUT2D eigenvalue weighted by Crippen LogP contribution is 2.40. The minimum atomic E-state index is -3.23. The quantitative estimate of drug-likeness (QED) is 0.0427. The predicted octanol–water partition coefficient (Wildman–Crippen LogP) is -16.8. The molecular weight excluding hydrogens is 1240 g/mol. The number of carbonyl (C=O) groups excluding carboxylic acids is 2. The van der Waals surface area contributed by atoms with Crippen LogP contribution < -0.4 is 10.6 Å². The number of carboxylic acids is 1. The number of carboxylic acid groups (broad SMARTS) is 1. The second kappa shape index (κ2) is 31.7. The van der Waals surface area contributed by atoms with Crippen molar-refractivity contribution < 1.29 is 193 Å². The summed E-state index contributed by atoms with van der Waals surface area (Å²) in [5.74, 6) is -7.24. The van der Waals surface area contributed by atoms with Crippen LogP contribution in [0, 0.1) is 0 Å². The summed E-state index contributed by atoms with van der Waals surface area (Å²) in [6, 6.07) is -3.85. The van der Waals surface area contributed by atoms with E-state index in [0.29, 0.717) is 0 Å². The summed E-state index contributed by atoms with van der Waals surface area (Å²) in [4.78, 5) is 38.6. The van der Waals surface area contributed by atoms with Gasteiger partial charge in [0.2, 0.25) is 11.8 Å². The molecule has 90 heavy (non-hydrogen) atoms. The highest BCUT2D eigenvalue weighted by molar-refractivity contribution is 5.76. The average molecular weight is 1320 g/mol. The zero-order chi connectivity index (χ0) is 66.7. The summed E-state index contributed by atoms with van der Waals surface area (Å²) in [5.41, 5.74) is 0. The van der Waals surface area contributed by atoms with E-state index in [1.807, 2.05) is 0 Å². The van der Waals surface area contributed by atoms with E-state index < -0.39 is 291 Å². The van der Waals surface area contributed by atoms with E-state index in [2.05, 4.69) is 10.6 Å². The number of ether oxygens (including phenoxy) is 13. The number of aliphatic carboxylic acids is 1. The third-order valence-electron chi connectivity index (χ3n) is 16.3. The zero-order valence-electron chi connectivity index (χ0n) is 47.7. The highest BCUT2D eigenvalue weighted by atomic mass is 16.8. The lowest BCUT2D eigenvalue weighted by Gasteiger charge is -2.51. The fraction of sp³-hybridized carbons (Fsp3) is 0.939. The van der Waals surface area contributed by atoms with Crippen molar-refractivity contribution in [2.75, 3.05) is 46.2 Å². The van der Waals surface area contributed by atoms with Gasteiger partial charge in [-0.3, -0.25) is 9.59 Å². The fourth-order valence-corrected chi connectivity index (χ4v) is 11.5. The van der Waals surface area contributed by atoms with Gasteiger partial charge in [-0.1, -0.05) is 0 Å². The molecule has 522 valence electrons. The van der Waals surface area contributed by atoms with Gasteiger partial charge in [-0.05, 0) is 0 Å². The van der Waals surface area contributed by atoms with Gasteiger partial charge in [0.25, 0.3) is 5.79 Å². The summed E-state index contributed by atoms with van der Waals surface area (Å²) < 4.78 is 74.2. The lowest BCUT2D eigenvalue weighted by Crippen LogP contribution is -2.71. The predicted molar refractivity (Wildman–Crippen MR) is 272 cm³/mol. The van der Waals surface area contributed by atoms with Crippen molar-refractivity contribution in [2.45, 2.75) is 241 Å². The molecule has 25 N–H and O–H groups in total. The van der Waals surface area contributed by atoms with Gasteiger partial charge in [0.1, 0.15) is 171 Å². The number of amides is 2. The minimum absolute atomic E-state index is 0.923. The van der Waals surface area contributed by atoms with Crippen LogP contribution in [-0.4, -0.2) is 402 Å². The molecule has 0 unspecified atom stereocenters. The van der Waals surface area contributed by atoms with Gasteiger partial charge in [-0.25, -0.2) is 4.79 Å². The SMILES string of the molecule is CC(=O)N[C@H]1[C@H](O[C@H]2[C@@H](O)[C@@H](CO)O[C@@H](O[C@H]3[C@H](O)[C@@H](CO)O[C@@H](O[C@H]4[C@@H](O)[C@@H](CO)O[C@@H](O[C@H]5[C@H](O)[C@@H](O)[C@H](O)O[C@@H]5CO)[C@@H]4O)[C@@H]3NC(C)=O)[C@@H]2O)O[C@H](CO)[C@@H](O[C@@H]2O[C@H](CO)[C@H](O)[C@H](O[C@]3(C(=O)O)C[C@H](O)[C@@H](O)[C@H]([C@H](O)[C@H](O)CO)O3)[C@H]2O)[C@@H]1O. The molecule has 7 aliphatic heterocycles. The van der Waals surface area contributed by atoms with Crippen molar-refractivity contribution in [3.05, 3.63) is 0 Å². The molecule has 36 atom stereocenters. The number of aliphatic hydroxyl groups is 22.